The number of para-hydroxylation sites is 1. The van der Waals surface area contributed by atoms with E-state index in [1.54, 1.807) is 12.0 Å². The van der Waals surface area contributed by atoms with Crippen LogP contribution in [-0.4, -0.2) is 29.7 Å². The molecule has 1 N–H and O–H groups in total. The van der Waals surface area contributed by atoms with Crippen molar-refractivity contribution in [1.82, 2.24) is 10.1 Å². The normalized spacial score (nSPS) is 10.7. The number of urea groups is 1. The molecule has 0 aliphatic heterocycles. The summed E-state index contributed by atoms with van der Waals surface area (Å²) in [4.78, 5) is 14.5. The Kier molecular flexibility index (Phi) is 6.32. The third-order valence-corrected chi connectivity index (χ3v) is 4.18. The van der Waals surface area contributed by atoms with E-state index >= 15 is 0 Å². The molecule has 0 spiro atoms. The number of ether oxygens (including phenoxy) is 1. The van der Waals surface area contributed by atoms with Gasteiger partial charge in [0.15, 0.2) is 5.76 Å². The van der Waals surface area contributed by atoms with Gasteiger partial charge in [-0.15, -0.1) is 0 Å². The molecule has 0 radical (unpaired) electrons. The number of nitrogens with zero attached hydrogens (tertiary/aromatic N) is 2. The van der Waals surface area contributed by atoms with Crippen LogP contribution >= 0.6 is 0 Å². The van der Waals surface area contributed by atoms with Gasteiger partial charge in [-0.1, -0.05) is 37.2 Å². The number of methoxy groups -OCH3 is 1. The summed E-state index contributed by atoms with van der Waals surface area (Å²) in [6.07, 6.45) is 0. The van der Waals surface area contributed by atoms with E-state index in [1.807, 2.05) is 60.7 Å². The Balaban J connectivity index is 1.72. The first-order valence-electron chi connectivity index (χ1n) is 9.26. The first kappa shape index (κ1) is 19.5. The van der Waals surface area contributed by atoms with Gasteiger partial charge in [0.1, 0.15) is 11.4 Å². The Morgan fingerprint density at radius 1 is 1.14 bits per heavy atom. The first-order chi connectivity index (χ1) is 13.5. The van der Waals surface area contributed by atoms with Crippen molar-refractivity contribution >= 4 is 11.7 Å². The summed E-state index contributed by atoms with van der Waals surface area (Å²) < 4.78 is 10.7. The predicted molar refractivity (Wildman–Crippen MR) is 109 cm³/mol. The van der Waals surface area contributed by atoms with Crippen molar-refractivity contribution in [3.05, 3.63) is 66.4 Å². The fraction of sp³-hybridized carbons (Fsp3) is 0.273. The van der Waals surface area contributed by atoms with E-state index in [1.165, 1.54) is 0 Å². The van der Waals surface area contributed by atoms with Crippen molar-refractivity contribution in [3.63, 3.8) is 0 Å². The van der Waals surface area contributed by atoms with Crippen LogP contribution in [-0.2, 0) is 6.54 Å². The van der Waals surface area contributed by atoms with Crippen LogP contribution < -0.4 is 10.1 Å². The van der Waals surface area contributed by atoms with Crippen molar-refractivity contribution in [1.29, 1.82) is 0 Å². The third kappa shape index (κ3) is 5.13. The number of aromatic nitrogens is 1. The second-order valence-corrected chi connectivity index (χ2v) is 6.98. The van der Waals surface area contributed by atoms with Gasteiger partial charge in [-0.25, -0.2) is 4.79 Å². The number of nitrogens with one attached hydrogen (secondary N) is 1. The van der Waals surface area contributed by atoms with E-state index in [0.29, 0.717) is 30.5 Å². The fourth-order valence-corrected chi connectivity index (χ4v) is 2.86. The van der Waals surface area contributed by atoms with Crippen LogP contribution in [0, 0.1) is 5.92 Å². The SMILES string of the molecule is COc1ccc(-c2cc(CN(CC(C)C)C(=O)Nc3ccccc3)no2)cc1. The number of hydrogen-bond donors (Lipinski definition) is 1. The van der Waals surface area contributed by atoms with Crippen LogP contribution in [0.3, 0.4) is 0 Å². The minimum atomic E-state index is -0.158. The summed E-state index contributed by atoms with van der Waals surface area (Å²) in [6, 6.07) is 18.7. The zero-order valence-corrected chi connectivity index (χ0v) is 16.4. The lowest BCUT2D eigenvalue weighted by Crippen LogP contribution is -2.37. The second kappa shape index (κ2) is 9.08. The maximum atomic E-state index is 12.7. The van der Waals surface area contributed by atoms with Gasteiger partial charge < -0.3 is 19.5 Å². The molecule has 146 valence electrons. The number of benzene rings is 2. The van der Waals surface area contributed by atoms with Crippen LogP contribution in [0.4, 0.5) is 10.5 Å². The van der Waals surface area contributed by atoms with E-state index in [9.17, 15) is 4.79 Å². The Labute approximate surface area is 165 Å². The van der Waals surface area contributed by atoms with Crippen molar-refractivity contribution in [2.24, 2.45) is 5.92 Å². The molecule has 0 saturated carbocycles. The van der Waals surface area contributed by atoms with Crippen molar-refractivity contribution in [2.75, 3.05) is 19.0 Å². The van der Waals surface area contributed by atoms with E-state index in [-0.39, 0.29) is 6.03 Å². The molecule has 0 saturated heterocycles. The van der Waals surface area contributed by atoms with Gasteiger partial charge in [0.25, 0.3) is 0 Å². The Morgan fingerprint density at radius 2 is 1.86 bits per heavy atom. The minimum Gasteiger partial charge on any atom is -0.497 e. The number of carbonyl (C=O) groups is 1. The molecule has 28 heavy (non-hydrogen) atoms. The summed E-state index contributed by atoms with van der Waals surface area (Å²) >= 11 is 0. The maximum Gasteiger partial charge on any atom is 0.322 e. The highest BCUT2D eigenvalue weighted by atomic mass is 16.5. The quantitative estimate of drug-likeness (QED) is 0.624. The molecule has 3 aromatic rings. The second-order valence-electron chi connectivity index (χ2n) is 6.98. The van der Waals surface area contributed by atoms with Crippen LogP contribution in [0.15, 0.2) is 65.2 Å². The molecule has 0 aliphatic rings. The lowest BCUT2D eigenvalue weighted by molar-refractivity contribution is 0.200. The first-order valence-corrected chi connectivity index (χ1v) is 9.26. The van der Waals surface area contributed by atoms with Crippen LogP contribution in [0.1, 0.15) is 19.5 Å². The zero-order valence-electron chi connectivity index (χ0n) is 16.4. The molecule has 0 fully saturated rings. The minimum absolute atomic E-state index is 0.158. The summed E-state index contributed by atoms with van der Waals surface area (Å²) in [5.74, 6) is 1.77. The highest BCUT2D eigenvalue weighted by Crippen LogP contribution is 2.24. The number of anilines is 1. The Hall–Kier alpha value is -3.28. The number of amides is 2. The topological polar surface area (TPSA) is 67.6 Å². The zero-order chi connectivity index (χ0) is 19.9. The summed E-state index contributed by atoms with van der Waals surface area (Å²) in [6.45, 7) is 5.14. The summed E-state index contributed by atoms with van der Waals surface area (Å²) in [7, 11) is 1.63. The molecule has 0 atom stereocenters. The molecule has 1 aromatic heterocycles. The Morgan fingerprint density at radius 3 is 2.50 bits per heavy atom. The van der Waals surface area contributed by atoms with E-state index in [4.69, 9.17) is 9.26 Å². The van der Waals surface area contributed by atoms with Gasteiger partial charge in [0.05, 0.1) is 13.7 Å². The predicted octanol–water partition coefficient (Wildman–Crippen LogP) is 5.04. The molecular formula is C22H25N3O3. The van der Waals surface area contributed by atoms with Crippen LogP contribution in [0.5, 0.6) is 5.75 Å². The van der Waals surface area contributed by atoms with Gasteiger partial charge in [-0.3, -0.25) is 0 Å². The molecule has 1 heterocycles. The number of hydrogen-bond acceptors (Lipinski definition) is 4. The molecule has 0 bridgehead atoms. The molecule has 3 rings (SSSR count). The van der Waals surface area contributed by atoms with Gasteiger partial charge in [-0.05, 0) is 42.3 Å². The van der Waals surface area contributed by atoms with Crippen molar-refractivity contribution in [2.45, 2.75) is 20.4 Å². The highest BCUT2D eigenvalue weighted by Gasteiger charge is 2.18. The molecule has 2 amide bonds. The van der Waals surface area contributed by atoms with Crippen LogP contribution in [0.25, 0.3) is 11.3 Å². The lowest BCUT2D eigenvalue weighted by Gasteiger charge is -2.24. The number of carbonyl (C=O) groups excluding carboxylic acids is 1. The smallest absolute Gasteiger partial charge is 0.322 e. The molecular weight excluding hydrogens is 354 g/mol. The van der Waals surface area contributed by atoms with E-state index in [2.05, 4.69) is 24.3 Å². The molecule has 0 aliphatic carbocycles. The average Bonchev–Trinajstić information content (AvgIpc) is 3.16. The number of rotatable bonds is 7. The van der Waals surface area contributed by atoms with Gasteiger partial charge in [0, 0.05) is 23.9 Å². The van der Waals surface area contributed by atoms with Gasteiger partial charge in [0.2, 0.25) is 0 Å². The fourth-order valence-electron chi connectivity index (χ4n) is 2.86. The maximum absolute atomic E-state index is 12.7. The van der Waals surface area contributed by atoms with E-state index in [0.717, 1.165) is 17.0 Å². The molecule has 6 heteroatoms. The standard InChI is InChI=1S/C22H25N3O3/c1-16(2)14-25(22(26)23-18-7-5-4-6-8-18)15-19-13-21(28-24-19)17-9-11-20(27-3)12-10-17/h4-13,16H,14-15H2,1-3H3,(H,23,26). The summed E-state index contributed by atoms with van der Waals surface area (Å²) in [5.41, 5.74) is 2.37. The summed E-state index contributed by atoms with van der Waals surface area (Å²) in [5, 5.41) is 7.08. The van der Waals surface area contributed by atoms with Crippen molar-refractivity contribution < 1.29 is 14.1 Å². The molecule has 0 unspecified atom stereocenters. The largest absolute Gasteiger partial charge is 0.497 e. The third-order valence-electron chi connectivity index (χ3n) is 4.18. The Bertz CT molecular complexity index is 889. The molecule has 6 nitrogen and oxygen atoms in total. The van der Waals surface area contributed by atoms with Crippen LogP contribution in [0.2, 0.25) is 0 Å². The van der Waals surface area contributed by atoms with Gasteiger partial charge in [-0.2, -0.15) is 0 Å². The van der Waals surface area contributed by atoms with Crippen molar-refractivity contribution in [3.8, 4) is 17.1 Å². The lowest BCUT2D eigenvalue weighted by atomic mass is 10.1. The highest BCUT2D eigenvalue weighted by molar-refractivity contribution is 5.89. The van der Waals surface area contributed by atoms with E-state index < -0.39 is 0 Å². The van der Waals surface area contributed by atoms with Gasteiger partial charge >= 0.3 is 6.03 Å². The monoisotopic (exact) mass is 379 g/mol. The average molecular weight is 379 g/mol. The molecule has 2 aromatic carbocycles.